The van der Waals surface area contributed by atoms with Crippen LogP contribution in [0.3, 0.4) is 0 Å². The molecule has 1 rings (SSSR count). The van der Waals surface area contributed by atoms with Crippen LogP contribution in [0.15, 0.2) is 11.1 Å². The Morgan fingerprint density at radius 1 is 1.54 bits per heavy atom. The van der Waals surface area contributed by atoms with Crippen LogP contribution in [0.2, 0.25) is 0 Å². The van der Waals surface area contributed by atoms with E-state index in [9.17, 15) is 8.42 Å². The molecule has 0 bridgehead atoms. The molecule has 0 aromatic carbocycles. The topological polar surface area (TPSA) is 74.8 Å². The van der Waals surface area contributed by atoms with E-state index < -0.39 is 10.0 Å². The van der Waals surface area contributed by atoms with E-state index in [-0.39, 0.29) is 10.9 Å². The minimum Gasteiger partial charge on any atom is -0.281 e. The first-order chi connectivity index (χ1) is 5.93. The number of sulfonamides is 1. The zero-order valence-corrected chi connectivity index (χ0v) is 8.64. The SMILES string of the molecule is Cc1[nH]ncc1S(=O)(=O)NC(C)C. The van der Waals surface area contributed by atoms with Crippen LogP contribution in [0, 0.1) is 6.92 Å². The van der Waals surface area contributed by atoms with E-state index in [0.29, 0.717) is 5.69 Å². The van der Waals surface area contributed by atoms with Gasteiger partial charge in [0.15, 0.2) is 0 Å². The van der Waals surface area contributed by atoms with Gasteiger partial charge in [-0.1, -0.05) is 0 Å². The Hall–Kier alpha value is -0.880. The maximum atomic E-state index is 11.6. The lowest BCUT2D eigenvalue weighted by Crippen LogP contribution is -2.30. The van der Waals surface area contributed by atoms with E-state index in [1.807, 2.05) is 0 Å². The van der Waals surface area contributed by atoms with Crippen molar-refractivity contribution in [3.63, 3.8) is 0 Å². The lowest BCUT2D eigenvalue weighted by molar-refractivity contribution is 0.569. The summed E-state index contributed by atoms with van der Waals surface area (Å²) in [4.78, 5) is 0.209. The maximum Gasteiger partial charge on any atom is 0.244 e. The van der Waals surface area contributed by atoms with Crippen LogP contribution in [-0.2, 0) is 10.0 Å². The number of aryl methyl sites for hydroxylation is 1. The molecule has 0 saturated heterocycles. The summed E-state index contributed by atoms with van der Waals surface area (Å²) in [6.07, 6.45) is 1.31. The van der Waals surface area contributed by atoms with Crippen LogP contribution in [0.1, 0.15) is 19.5 Å². The highest BCUT2D eigenvalue weighted by Gasteiger charge is 2.18. The molecule has 5 nitrogen and oxygen atoms in total. The fourth-order valence-corrected chi connectivity index (χ4v) is 2.37. The largest absolute Gasteiger partial charge is 0.281 e. The fourth-order valence-electron chi connectivity index (χ4n) is 0.984. The minimum absolute atomic E-state index is 0.112. The van der Waals surface area contributed by atoms with Crippen LogP contribution >= 0.6 is 0 Å². The van der Waals surface area contributed by atoms with Crippen molar-refractivity contribution in [1.29, 1.82) is 0 Å². The smallest absolute Gasteiger partial charge is 0.244 e. The molecular weight excluding hydrogens is 190 g/mol. The van der Waals surface area contributed by atoms with Crippen LogP contribution in [0.4, 0.5) is 0 Å². The summed E-state index contributed by atoms with van der Waals surface area (Å²) in [5.74, 6) is 0. The fraction of sp³-hybridized carbons (Fsp3) is 0.571. The second-order valence-electron chi connectivity index (χ2n) is 3.14. The molecule has 0 radical (unpaired) electrons. The number of rotatable bonds is 3. The van der Waals surface area contributed by atoms with Gasteiger partial charge in [0.05, 0.1) is 11.9 Å². The van der Waals surface area contributed by atoms with Crippen molar-refractivity contribution in [3.8, 4) is 0 Å². The second-order valence-corrected chi connectivity index (χ2v) is 4.82. The first kappa shape index (κ1) is 10.2. The highest BCUT2D eigenvalue weighted by atomic mass is 32.2. The Labute approximate surface area is 77.6 Å². The molecule has 13 heavy (non-hydrogen) atoms. The summed E-state index contributed by atoms with van der Waals surface area (Å²) >= 11 is 0. The third kappa shape index (κ3) is 2.28. The van der Waals surface area contributed by atoms with Gasteiger partial charge >= 0.3 is 0 Å². The molecule has 0 saturated carbocycles. The summed E-state index contributed by atoms with van der Waals surface area (Å²) in [7, 11) is -3.39. The first-order valence-corrected chi connectivity index (χ1v) is 5.44. The molecule has 0 spiro atoms. The van der Waals surface area contributed by atoms with Crippen LogP contribution < -0.4 is 4.72 Å². The van der Waals surface area contributed by atoms with E-state index in [1.54, 1.807) is 20.8 Å². The Kier molecular flexibility index (Phi) is 2.72. The van der Waals surface area contributed by atoms with E-state index >= 15 is 0 Å². The molecule has 1 aromatic heterocycles. The van der Waals surface area contributed by atoms with Crippen molar-refractivity contribution in [1.82, 2.24) is 14.9 Å². The summed E-state index contributed by atoms with van der Waals surface area (Å²) in [6, 6.07) is -0.112. The van der Waals surface area contributed by atoms with Gasteiger partial charge in [-0.3, -0.25) is 5.10 Å². The molecule has 74 valence electrons. The predicted molar refractivity (Wildman–Crippen MR) is 48.8 cm³/mol. The van der Waals surface area contributed by atoms with E-state index in [4.69, 9.17) is 0 Å². The number of nitrogens with one attached hydrogen (secondary N) is 2. The van der Waals surface area contributed by atoms with Gasteiger partial charge in [0.2, 0.25) is 10.0 Å². The molecule has 0 unspecified atom stereocenters. The Morgan fingerprint density at radius 3 is 2.54 bits per heavy atom. The standard InChI is InChI=1S/C7H13N3O2S/c1-5(2)10-13(11,12)7-4-8-9-6(7)3/h4-5,10H,1-3H3,(H,8,9). The number of hydrogen-bond acceptors (Lipinski definition) is 3. The molecule has 0 amide bonds. The van der Waals surface area contributed by atoms with Crippen molar-refractivity contribution in [2.45, 2.75) is 31.7 Å². The van der Waals surface area contributed by atoms with Gasteiger partial charge in [0, 0.05) is 6.04 Å². The lowest BCUT2D eigenvalue weighted by atomic mass is 10.4. The average molecular weight is 203 g/mol. The molecule has 1 heterocycles. The summed E-state index contributed by atoms with van der Waals surface area (Å²) in [6.45, 7) is 5.21. The molecule has 0 aliphatic heterocycles. The summed E-state index contributed by atoms with van der Waals surface area (Å²) in [5, 5.41) is 6.23. The second kappa shape index (κ2) is 3.47. The van der Waals surface area contributed by atoms with Crippen molar-refractivity contribution >= 4 is 10.0 Å². The Morgan fingerprint density at radius 2 is 2.15 bits per heavy atom. The van der Waals surface area contributed by atoms with Crippen molar-refractivity contribution in [2.75, 3.05) is 0 Å². The van der Waals surface area contributed by atoms with Crippen LogP contribution in [0.5, 0.6) is 0 Å². The number of nitrogens with zero attached hydrogens (tertiary/aromatic N) is 1. The molecular formula is C7H13N3O2S. The Balaban J connectivity index is 3.02. The van der Waals surface area contributed by atoms with Gasteiger partial charge in [-0.15, -0.1) is 0 Å². The molecule has 1 aromatic rings. The number of aromatic amines is 1. The summed E-state index contributed by atoms with van der Waals surface area (Å²) < 4.78 is 25.6. The zero-order chi connectivity index (χ0) is 10.1. The average Bonchev–Trinajstić information content (AvgIpc) is 2.32. The normalized spacial score (nSPS) is 12.3. The molecule has 6 heteroatoms. The quantitative estimate of drug-likeness (QED) is 0.747. The van der Waals surface area contributed by atoms with Gasteiger partial charge in [-0.2, -0.15) is 5.10 Å². The van der Waals surface area contributed by atoms with Gasteiger partial charge < -0.3 is 0 Å². The van der Waals surface area contributed by atoms with Crippen molar-refractivity contribution in [3.05, 3.63) is 11.9 Å². The monoisotopic (exact) mass is 203 g/mol. The van der Waals surface area contributed by atoms with E-state index in [2.05, 4.69) is 14.9 Å². The summed E-state index contributed by atoms with van der Waals surface area (Å²) in [5.41, 5.74) is 0.549. The number of aromatic nitrogens is 2. The molecule has 0 aliphatic carbocycles. The maximum absolute atomic E-state index is 11.6. The molecule has 0 atom stereocenters. The third-order valence-corrected chi connectivity index (χ3v) is 3.24. The highest BCUT2D eigenvalue weighted by molar-refractivity contribution is 7.89. The highest BCUT2D eigenvalue weighted by Crippen LogP contribution is 2.10. The van der Waals surface area contributed by atoms with Crippen LogP contribution in [0.25, 0.3) is 0 Å². The minimum atomic E-state index is -3.39. The van der Waals surface area contributed by atoms with Crippen LogP contribution in [-0.4, -0.2) is 24.7 Å². The van der Waals surface area contributed by atoms with Crippen molar-refractivity contribution < 1.29 is 8.42 Å². The van der Waals surface area contributed by atoms with E-state index in [1.165, 1.54) is 6.20 Å². The van der Waals surface area contributed by atoms with Gasteiger partial charge in [0.25, 0.3) is 0 Å². The zero-order valence-electron chi connectivity index (χ0n) is 7.83. The van der Waals surface area contributed by atoms with Gasteiger partial charge in [-0.05, 0) is 20.8 Å². The predicted octanol–water partition coefficient (Wildman–Crippen LogP) is 0.405. The number of hydrogen-bond donors (Lipinski definition) is 2. The first-order valence-electron chi connectivity index (χ1n) is 3.96. The third-order valence-electron chi connectivity index (χ3n) is 1.46. The molecule has 2 N–H and O–H groups in total. The van der Waals surface area contributed by atoms with Crippen molar-refractivity contribution in [2.24, 2.45) is 0 Å². The number of H-pyrrole nitrogens is 1. The van der Waals surface area contributed by atoms with E-state index in [0.717, 1.165) is 0 Å². The molecule has 0 fully saturated rings. The lowest BCUT2D eigenvalue weighted by Gasteiger charge is -2.07. The Bertz CT molecular complexity index is 380. The van der Waals surface area contributed by atoms with Gasteiger partial charge in [-0.25, -0.2) is 13.1 Å². The van der Waals surface area contributed by atoms with Gasteiger partial charge in [0.1, 0.15) is 4.90 Å². The molecule has 0 aliphatic rings.